The number of halogens is 3. The zero-order valence-corrected chi connectivity index (χ0v) is 20.2. The van der Waals surface area contributed by atoms with Crippen molar-refractivity contribution in [3.05, 3.63) is 99.0 Å². The van der Waals surface area contributed by atoms with Gasteiger partial charge in [-0.15, -0.1) is 0 Å². The van der Waals surface area contributed by atoms with Crippen LogP contribution in [-0.2, 0) is 21.4 Å². The van der Waals surface area contributed by atoms with Gasteiger partial charge in [-0.1, -0.05) is 59.1 Å². The Morgan fingerprint density at radius 3 is 2.09 bits per heavy atom. The van der Waals surface area contributed by atoms with E-state index in [9.17, 15) is 13.2 Å². The highest BCUT2D eigenvalue weighted by atomic mass is 35.5. The molecule has 3 aromatic carbocycles. The molecule has 0 radical (unpaired) electrons. The lowest BCUT2D eigenvalue weighted by molar-refractivity contribution is -0.122. The number of benzene rings is 3. The van der Waals surface area contributed by atoms with Gasteiger partial charge in [0, 0.05) is 21.6 Å². The maximum Gasteiger partial charge on any atom is 0.243 e. The van der Waals surface area contributed by atoms with E-state index in [-0.39, 0.29) is 24.0 Å². The first-order chi connectivity index (χ1) is 15.1. The molecule has 0 aromatic heterocycles. The van der Waals surface area contributed by atoms with Crippen LogP contribution in [0.4, 0.5) is 0 Å². The molecule has 3 aromatic rings. The van der Waals surface area contributed by atoms with Gasteiger partial charge in [0.05, 0.1) is 17.5 Å². The Morgan fingerprint density at radius 1 is 0.906 bits per heavy atom. The average molecular weight is 512 g/mol. The van der Waals surface area contributed by atoms with Crippen molar-refractivity contribution in [2.75, 3.05) is 6.54 Å². The summed E-state index contributed by atoms with van der Waals surface area (Å²) in [5.41, 5.74) is 1.51. The summed E-state index contributed by atoms with van der Waals surface area (Å²) in [6.45, 7) is 1.43. The third-order valence-electron chi connectivity index (χ3n) is 4.77. The monoisotopic (exact) mass is 510 g/mol. The summed E-state index contributed by atoms with van der Waals surface area (Å²) >= 11 is 17.9. The van der Waals surface area contributed by atoms with Gasteiger partial charge >= 0.3 is 0 Å². The van der Waals surface area contributed by atoms with Crippen LogP contribution in [0.2, 0.25) is 15.1 Å². The minimum Gasteiger partial charge on any atom is -0.348 e. The van der Waals surface area contributed by atoms with Crippen molar-refractivity contribution in [1.29, 1.82) is 0 Å². The molecule has 0 aliphatic heterocycles. The Labute approximate surface area is 203 Å². The maximum absolute atomic E-state index is 13.3. The summed E-state index contributed by atoms with van der Waals surface area (Å²) in [6, 6.07) is 19.4. The molecule has 0 bridgehead atoms. The van der Waals surface area contributed by atoms with E-state index < -0.39 is 15.9 Å². The average Bonchev–Trinajstić information content (AvgIpc) is 2.74. The lowest BCUT2D eigenvalue weighted by Crippen LogP contribution is -2.41. The van der Waals surface area contributed by atoms with Crippen LogP contribution in [0.1, 0.15) is 24.1 Å². The predicted molar refractivity (Wildman–Crippen MR) is 129 cm³/mol. The van der Waals surface area contributed by atoms with Crippen LogP contribution in [0.25, 0.3) is 0 Å². The molecule has 0 unspecified atom stereocenters. The number of sulfonamides is 1. The Kier molecular flexibility index (Phi) is 8.20. The highest BCUT2D eigenvalue weighted by Crippen LogP contribution is 2.22. The Morgan fingerprint density at radius 2 is 1.50 bits per heavy atom. The van der Waals surface area contributed by atoms with Crippen LogP contribution in [0, 0.1) is 0 Å². The first-order valence-corrected chi connectivity index (χ1v) is 12.3. The number of amides is 1. The van der Waals surface area contributed by atoms with Crippen LogP contribution in [0.15, 0.2) is 77.7 Å². The molecule has 1 amide bonds. The third-order valence-corrected chi connectivity index (χ3v) is 7.31. The molecule has 0 saturated carbocycles. The lowest BCUT2D eigenvalue weighted by atomic mass is 10.1. The Bertz CT molecular complexity index is 1180. The van der Waals surface area contributed by atoms with E-state index in [1.807, 2.05) is 19.1 Å². The van der Waals surface area contributed by atoms with Gasteiger partial charge in [-0.05, 0) is 66.6 Å². The number of hydrogen-bond acceptors (Lipinski definition) is 3. The van der Waals surface area contributed by atoms with Gasteiger partial charge in [0.2, 0.25) is 15.9 Å². The molecular weight excluding hydrogens is 491 g/mol. The highest BCUT2D eigenvalue weighted by molar-refractivity contribution is 7.89. The van der Waals surface area contributed by atoms with Gasteiger partial charge < -0.3 is 5.32 Å². The SMILES string of the molecule is C[C@@H](NC(=O)CN(Cc1cccc(Cl)c1)S(=O)(=O)c1ccc(Cl)cc1)c1ccc(Cl)cc1. The van der Waals surface area contributed by atoms with Crippen molar-refractivity contribution in [1.82, 2.24) is 9.62 Å². The van der Waals surface area contributed by atoms with Crippen LogP contribution >= 0.6 is 34.8 Å². The van der Waals surface area contributed by atoms with E-state index in [0.29, 0.717) is 20.6 Å². The van der Waals surface area contributed by atoms with E-state index >= 15 is 0 Å². The van der Waals surface area contributed by atoms with Gasteiger partial charge in [-0.2, -0.15) is 4.31 Å². The fraction of sp³-hybridized carbons (Fsp3) is 0.174. The largest absolute Gasteiger partial charge is 0.348 e. The van der Waals surface area contributed by atoms with E-state index in [1.165, 1.54) is 24.3 Å². The van der Waals surface area contributed by atoms with E-state index in [1.54, 1.807) is 36.4 Å². The molecule has 5 nitrogen and oxygen atoms in total. The first kappa shape index (κ1) is 24.6. The molecule has 0 heterocycles. The van der Waals surface area contributed by atoms with Crippen LogP contribution < -0.4 is 5.32 Å². The molecule has 0 fully saturated rings. The molecular formula is C23H21Cl3N2O3S. The number of nitrogens with zero attached hydrogens (tertiary/aromatic N) is 1. The quantitative estimate of drug-likeness (QED) is 0.421. The van der Waals surface area contributed by atoms with Gasteiger partial charge in [-0.25, -0.2) is 8.42 Å². The fourth-order valence-corrected chi connectivity index (χ4v) is 4.95. The van der Waals surface area contributed by atoms with Gasteiger partial charge in [0.25, 0.3) is 0 Å². The summed E-state index contributed by atoms with van der Waals surface area (Å²) in [4.78, 5) is 12.8. The second-order valence-corrected chi connectivity index (χ2v) is 10.4. The normalized spacial score (nSPS) is 12.5. The highest BCUT2D eigenvalue weighted by Gasteiger charge is 2.27. The minimum absolute atomic E-state index is 0.0196. The lowest BCUT2D eigenvalue weighted by Gasteiger charge is -2.23. The van der Waals surface area contributed by atoms with Gasteiger partial charge in [0.15, 0.2) is 0 Å². The van der Waals surface area contributed by atoms with Gasteiger partial charge in [-0.3, -0.25) is 4.79 Å². The van der Waals surface area contributed by atoms with Crippen molar-refractivity contribution in [3.8, 4) is 0 Å². The summed E-state index contributed by atoms with van der Waals surface area (Å²) in [5, 5.41) is 4.33. The summed E-state index contributed by atoms with van der Waals surface area (Å²) < 4.78 is 27.8. The smallest absolute Gasteiger partial charge is 0.243 e. The minimum atomic E-state index is -3.98. The second-order valence-electron chi connectivity index (χ2n) is 7.20. The first-order valence-electron chi connectivity index (χ1n) is 9.70. The second kappa shape index (κ2) is 10.7. The number of nitrogens with one attached hydrogen (secondary N) is 1. The van der Waals surface area contributed by atoms with Crippen LogP contribution in [-0.4, -0.2) is 25.2 Å². The number of carbonyl (C=O) groups excluding carboxylic acids is 1. The van der Waals surface area contributed by atoms with E-state index in [4.69, 9.17) is 34.8 Å². The standard InChI is InChI=1S/C23H21Cl3N2O3S/c1-16(18-5-7-19(24)8-6-18)27-23(29)15-28(14-17-3-2-4-21(26)13-17)32(30,31)22-11-9-20(25)10-12-22/h2-13,16H,14-15H2,1H3,(H,27,29)/t16-/m1/s1. The molecule has 32 heavy (non-hydrogen) atoms. The summed E-state index contributed by atoms with van der Waals surface area (Å²) in [5.74, 6) is -0.438. The van der Waals surface area contributed by atoms with Gasteiger partial charge in [0.1, 0.15) is 0 Å². The number of hydrogen-bond donors (Lipinski definition) is 1. The zero-order valence-electron chi connectivity index (χ0n) is 17.1. The van der Waals surface area contributed by atoms with Crippen LogP contribution in [0.5, 0.6) is 0 Å². The predicted octanol–water partition coefficient (Wildman–Crippen LogP) is 5.72. The summed E-state index contributed by atoms with van der Waals surface area (Å²) in [6.07, 6.45) is 0. The van der Waals surface area contributed by atoms with Crippen LogP contribution in [0.3, 0.4) is 0 Å². The molecule has 0 saturated heterocycles. The van der Waals surface area contributed by atoms with Crippen molar-refractivity contribution in [2.24, 2.45) is 0 Å². The Balaban J connectivity index is 1.83. The van der Waals surface area contributed by atoms with E-state index in [0.717, 1.165) is 9.87 Å². The number of rotatable bonds is 8. The molecule has 9 heteroatoms. The topological polar surface area (TPSA) is 66.5 Å². The zero-order chi connectivity index (χ0) is 23.3. The fourth-order valence-electron chi connectivity index (χ4n) is 3.10. The van der Waals surface area contributed by atoms with Crippen molar-refractivity contribution >= 4 is 50.7 Å². The molecule has 1 atom stereocenters. The molecule has 1 N–H and O–H groups in total. The maximum atomic E-state index is 13.3. The Hall–Kier alpha value is -2.09. The third kappa shape index (κ3) is 6.47. The molecule has 3 rings (SSSR count). The molecule has 168 valence electrons. The van der Waals surface area contributed by atoms with Crippen molar-refractivity contribution < 1.29 is 13.2 Å². The van der Waals surface area contributed by atoms with Crippen molar-refractivity contribution in [2.45, 2.75) is 24.4 Å². The van der Waals surface area contributed by atoms with E-state index in [2.05, 4.69) is 5.32 Å². The number of carbonyl (C=O) groups is 1. The van der Waals surface area contributed by atoms with Crippen molar-refractivity contribution in [3.63, 3.8) is 0 Å². The molecule has 0 aliphatic rings. The summed E-state index contributed by atoms with van der Waals surface area (Å²) in [7, 11) is -3.98. The molecule has 0 spiro atoms. The molecule has 0 aliphatic carbocycles.